The van der Waals surface area contributed by atoms with Crippen LogP contribution in [0.4, 0.5) is 5.69 Å². The van der Waals surface area contributed by atoms with E-state index in [1.165, 1.54) is 5.56 Å². The fraction of sp³-hybridized carbons (Fsp3) is 0.500. The normalized spacial score (nSPS) is 20.7. The minimum atomic E-state index is -0.320. The third-order valence-corrected chi connectivity index (χ3v) is 3.27. The van der Waals surface area contributed by atoms with Gasteiger partial charge in [0.05, 0.1) is 6.04 Å². The van der Waals surface area contributed by atoms with Gasteiger partial charge in [-0.15, -0.1) is 0 Å². The minimum absolute atomic E-state index is 0.0551. The maximum Gasteiger partial charge on any atom is 0.243 e. The van der Waals surface area contributed by atoms with Crippen LogP contribution < -0.4 is 10.6 Å². The number of nitrogens with zero attached hydrogens (tertiary/aromatic N) is 1. The summed E-state index contributed by atoms with van der Waals surface area (Å²) < 4.78 is 0. The van der Waals surface area contributed by atoms with E-state index in [-0.39, 0.29) is 11.9 Å². The van der Waals surface area contributed by atoms with Crippen molar-refractivity contribution >= 4 is 11.6 Å². The Hall–Kier alpha value is -1.35. The second kappa shape index (κ2) is 5.32. The van der Waals surface area contributed by atoms with Crippen molar-refractivity contribution in [3.05, 3.63) is 29.8 Å². The largest absolute Gasteiger partial charge is 0.320 e. The molecule has 3 heteroatoms. The standard InChI is InChI=1S/C14H20N2O/c1-2-4-11-6-8-12(9-7-11)16-10-3-5-13(15)14(16)17/h6-9,13H,2-5,10,15H2,1H3. The first-order valence-corrected chi connectivity index (χ1v) is 6.38. The molecule has 3 nitrogen and oxygen atoms in total. The Morgan fingerprint density at radius 1 is 1.35 bits per heavy atom. The highest BCUT2D eigenvalue weighted by Crippen LogP contribution is 2.21. The van der Waals surface area contributed by atoms with E-state index >= 15 is 0 Å². The van der Waals surface area contributed by atoms with E-state index in [2.05, 4.69) is 19.1 Å². The van der Waals surface area contributed by atoms with Gasteiger partial charge in [0.1, 0.15) is 0 Å². The van der Waals surface area contributed by atoms with Crippen molar-refractivity contribution in [3.8, 4) is 0 Å². The van der Waals surface area contributed by atoms with Gasteiger partial charge in [-0.05, 0) is 37.0 Å². The van der Waals surface area contributed by atoms with E-state index in [0.29, 0.717) is 0 Å². The molecule has 0 aromatic heterocycles. The molecule has 92 valence electrons. The average Bonchev–Trinajstić information content (AvgIpc) is 2.34. The van der Waals surface area contributed by atoms with Crippen LogP contribution in [0.5, 0.6) is 0 Å². The van der Waals surface area contributed by atoms with Crippen LogP contribution in [-0.2, 0) is 11.2 Å². The quantitative estimate of drug-likeness (QED) is 0.867. The molecule has 1 saturated heterocycles. The molecule has 1 aliphatic rings. The van der Waals surface area contributed by atoms with Crippen molar-refractivity contribution in [2.24, 2.45) is 5.73 Å². The number of rotatable bonds is 3. The summed E-state index contributed by atoms with van der Waals surface area (Å²) in [5.41, 5.74) is 8.09. The van der Waals surface area contributed by atoms with E-state index in [1.54, 1.807) is 0 Å². The van der Waals surface area contributed by atoms with Crippen LogP contribution in [-0.4, -0.2) is 18.5 Å². The Labute approximate surface area is 103 Å². The highest BCUT2D eigenvalue weighted by molar-refractivity contribution is 5.97. The summed E-state index contributed by atoms with van der Waals surface area (Å²) in [7, 11) is 0. The summed E-state index contributed by atoms with van der Waals surface area (Å²) in [4.78, 5) is 13.7. The van der Waals surface area contributed by atoms with Crippen LogP contribution in [0.2, 0.25) is 0 Å². The van der Waals surface area contributed by atoms with E-state index in [4.69, 9.17) is 5.73 Å². The molecule has 1 atom stereocenters. The topological polar surface area (TPSA) is 46.3 Å². The Morgan fingerprint density at radius 2 is 2.06 bits per heavy atom. The molecule has 1 fully saturated rings. The van der Waals surface area contributed by atoms with Gasteiger partial charge >= 0.3 is 0 Å². The molecule has 2 N–H and O–H groups in total. The van der Waals surface area contributed by atoms with Gasteiger partial charge in [0.15, 0.2) is 0 Å². The number of amides is 1. The lowest BCUT2D eigenvalue weighted by molar-refractivity contribution is -0.120. The molecule has 17 heavy (non-hydrogen) atoms. The molecule has 0 radical (unpaired) electrons. The first-order valence-electron chi connectivity index (χ1n) is 6.38. The number of anilines is 1. The van der Waals surface area contributed by atoms with Crippen molar-refractivity contribution in [2.45, 2.75) is 38.6 Å². The van der Waals surface area contributed by atoms with Crippen LogP contribution in [0, 0.1) is 0 Å². The van der Waals surface area contributed by atoms with Gasteiger partial charge in [-0.1, -0.05) is 25.5 Å². The predicted molar refractivity (Wildman–Crippen MR) is 70.0 cm³/mol. The number of carbonyl (C=O) groups excluding carboxylic acids is 1. The Bertz CT molecular complexity index is 386. The second-order valence-electron chi connectivity index (χ2n) is 4.66. The fourth-order valence-electron chi connectivity index (χ4n) is 2.29. The van der Waals surface area contributed by atoms with Gasteiger partial charge in [0.2, 0.25) is 5.91 Å². The first-order chi connectivity index (χ1) is 8.22. The van der Waals surface area contributed by atoms with Gasteiger partial charge in [-0.25, -0.2) is 0 Å². The summed E-state index contributed by atoms with van der Waals surface area (Å²) in [6, 6.07) is 7.94. The summed E-state index contributed by atoms with van der Waals surface area (Å²) in [5, 5.41) is 0. The van der Waals surface area contributed by atoms with Crippen LogP contribution in [0.15, 0.2) is 24.3 Å². The molecular weight excluding hydrogens is 212 g/mol. The van der Waals surface area contributed by atoms with Crippen molar-refractivity contribution in [3.63, 3.8) is 0 Å². The lowest BCUT2D eigenvalue weighted by Crippen LogP contribution is -2.48. The molecule has 0 bridgehead atoms. The van der Waals surface area contributed by atoms with Gasteiger partial charge < -0.3 is 10.6 Å². The fourth-order valence-corrected chi connectivity index (χ4v) is 2.29. The van der Waals surface area contributed by atoms with Gasteiger partial charge in [0, 0.05) is 12.2 Å². The lowest BCUT2D eigenvalue weighted by Gasteiger charge is -2.30. The van der Waals surface area contributed by atoms with Crippen molar-refractivity contribution in [1.82, 2.24) is 0 Å². The number of piperidine rings is 1. The Morgan fingerprint density at radius 3 is 2.71 bits per heavy atom. The number of nitrogens with two attached hydrogens (primary N) is 1. The van der Waals surface area contributed by atoms with Crippen molar-refractivity contribution in [2.75, 3.05) is 11.4 Å². The number of aryl methyl sites for hydroxylation is 1. The molecule has 1 amide bonds. The maximum atomic E-state index is 11.9. The molecule has 1 heterocycles. The molecule has 1 aromatic carbocycles. The second-order valence-corrected chi connectivity index (χ2v) is 4.66. The molecule has 0 aliphatic carbocycles. The third kappa shape index (κ3) is 2.67. The number of carbonyl (C=O) groups is 1. The first kappa shape index (κ1) is 12.1. The van der Waals surface area contributed by atoms with Crippen molar-refractivity contribution in [1.29, 1.82) is 0 Å². The zero-order chi connectivity index (χ0) is 12.3. The number of benzene rings is 1. The summed E-state index contributed by atoms with van der Waals surface area (Å²) in [6.07, 6.45) is 4.04. The van der Waals surface area contributed by atoms with E-state index < -0.39 is 0 Å². The van der Waals surface area contributed by atoms with Gasteiger partial charge in [0.25, 0.3) is 0 Å². The Kier molecular flexibility index (Phi) is 3.79. The zero-order valence-corrected chi connectivity index (χ0v) is 10.4. The smallest absolute Gasteiger partial charge is 0.243 e. The van der Waals surface area contributed by atoms with E-state index in [9.17, 15) is 4.79 Å². The number of hydrogen-bond acceptors (Lipinski definition) is 2. The molecular formula is C14H20N2O. The van der Waals surface area contributed by atoms with Crippen molar-refractivity contribution < 1.29 is 4.79 Å². The summed E-state index contributed by atoms with van der Waals surface area (Å²) in [5.74, 6) is 0.0551. The van der Waals surface area contributed by atoms with Gasteiger partial charge in [-0.3, -0.25) is 4.79 Å². The highest BCUT2D eigenvalue weighted by atomic mass is 16.2. The van der Waals surface area contributed by atoms with Crippen LogP contribution in [0.1, 0.15) is 31.7 Å². The Balaban J connectivity index is 2.13. The van der Waals surface area contributed by atoms with Crippen LogP contribution in [0.25, 0.3) is 0 Å². The summed E-state index contributed by atoms with van der Waals surface area (Å²) >= 11 is 0. The van der Waals surface area contributed by atoms with Crippen LogP contribution in [0.3, 0.4) is 0 Å². The highest BCUT2D eigenvalue weighted by Gasteiger charge is 2.26. The van der Waals surface area contributed by atoms with E-state index in [1.807, 2.05) is 17.0 Å². The molecule has 0 saturated carbocycles. The monoisotopic (exact) mass is 232 g/mol. The van der Waals surface area contributed by atoms with Crippen LogP contribution >= 0.6 is 0 Å². The molecule has 0 spiro atoms. The molecule has 1 unspecified atom stereocenters. The molecule has 1 aliphatic heterocycles. The third-order valence-electron chi connectivity index (χ3n) is 3.27. The SMILES string of the molecule is CCCc1ccc(N2CCCC(N)C2=O)cc1. The van der Waals surface area contributed by atoms with E-state index in [0.717, 1.165) is 37.9 Å². The maximum absolute atomic E-state index is 11.9. The van der Waals surface area contributed by atoms with Gasteiger partial charge in [-0.2, -0.15) is 0 Å². The minimum Gasteiger partial charge on any atom is -0.320 e. The zero-order valence-electron chi connectivity index (χ0n) is 10.4. The lowest BCUT2D eigenvalue weighted by atomic mass is 10.0. The predicted octanol–water partition coefficient (Wildman–Crippen LogP) is 2.09. The summed E-state index contributed by atoms with van der Waals surface area (Å²) in [6.45, 7) is 2.96. The number of hydrogen-bond donors (Lipinski definition) is 1. The molecule has 1 aromatic rings. The average molecular weight is 232 g/mol. The molecule has 2 rings (SSSR count).